The topological polar surface area (TPSA) is 82.4 Å². The van der Waals surface area contributed by atoms with Crippen molar-refractivity contribution in [3.8, 4) is 11.4 Å². The van der Waals surface area contributed by atoms with E-state index in [1.165, 1.54) is 0 Å². The number of pyridine rings is 1. The number of amides is 1. The molecule has 1 fully saturated rings. The lowest BCUT2D eigenvalue weighted by Crippen LogP contribution is -2.29. The highest BCUT2D eigenvalue weighted by atomic mass is 32.1. The molecule has 1 saturated heterocycles. The van der Waals surface area contributed by atoms with Crippen molar-refractivity contribution in [1.29, 1.82) is 0 Å². The molecule has 0 saturated carbocycles. The molecule has 3 N–H and O–H groups in total. The van der Waals surface area contributed by atoms with Crippen molar-refractivity contribution < 1.29 is 9.90 Å². The van der Waals surface area contributed by atoms with Crippen LogP contribution in [-0.2, 0) is 4.79 Å². The van der Waals surface area contributed by atoms with Crippen molar-refractivity contribution in [3.63, 3.8) is 0 Å². The van der Waals surface area contributed by atoms with Crippen molar-refractivity contribution in [1.82, 2.24) is 14.9 Å². The largest absolute Gasteiger partial charge is 0.506 e. The Kier molecular flexibility index (Phi) is 7.14. The van der Waals surface area contributed by atoms with Crippen LogP contribution in [0, 0.1) is 26.7 Å². The quantitative estimate of drug-likeness (QED) is 0.250. The number of hydrogen-bond donors (Lipinski definition) is 3. The lowest BCUT2D eigenvalue weighted by molar-refractivity contribution is -0.118. The molecule has 2 aromatic heterocycles. The van der Waals surface area contributed by atoms with E-state index in [2.05, 4.69) is 44.1 Å². The molecule has 5 rings (SSSR count). The van der Waals surface area contributed by atoms with Crippen LogP contribution in [0.25, 0.3) is 5.69 Å². The summed E-state index contributed by atoms with van der Waals surface area (Å²) in [6.45, 7) is 9.85. The number of hydrogen-bond acceptors (Lipinski definition) is 4. The Balaban J connectivity index is 1.63. The summed E-state index contributed by atoms with van der Waals surface area (Å²) in [6.07, 6.45) is 1.79. The number of nitrogens with one attached hydrogen (secondary N) is 2. The Bertz CT molecular complexity index is 1550. The van der Waals surface area contributed by atoms with Crippen LogP contribution in [0.15, 0.2) is 72.9 Å². The summed E-state index contributed by atoms with van der Waals surface area (Å²) >= 11 is 5.92. The molecule has 200 valence electrons. The maximum absolute atomic E-state index is 12.3. The van der Waals surface area contributed by atoms with Crippen LogP contribution in [0.4, 0.5) is 11.4 Å². The second kappa shape index (κ2) is 10.5. The van der Waals surface area contributed by atoms with Gasteiger partial charge in [0.2, 0.25) is 5.91 Å². The summed E-state index contributed by atoms with van der Waals surface area (Å²) < 4.78 is 2.08. The lowest BCUT2D eigenvalue weighted by Gasteiger charge is -2.29. The first-order chi connectivity index (χ1) is 18.7. The SMILES string of the molecule is Cc1cc(N2C(=S)N[C@@H](c3ccccn3)[C@H]2c2cc(C)n(-c3ccccc3O)c2C)ccc1NC(=O)C(C)C. The van der Waals surface area contributed by atoms with Crippen molar-refractivity contribution in [2.75, 3.05) is 10.2 Å². The van der Waals surface area contributed by atoms with Crippen molar-refractivity contribution in [3.05, 3.63) is 101 Å². The summed E-state index contributed by atoms with van der Waals surface area (Å²) in [5.74, 6) is 0.0925. The second-order valence-corrected chi connectivity index (χ2v) is 10.7. The molecular weight excluding hydrogens is 506 g/mol. The predicted octanol–water partition coefficient (Wildman–Crippen LogP) is 6.27. The minimum absolute atomic E-state index is 0.0195. The molecule has 2 atom stereocenters. The van der Waals surface area contributed by atoms with Gasteiger partial charge in [0.15, 0.2) is 5.11 Å². The first kappa shape index (κ1) is 26.4. The maximum atomic E-state index is 12.3. The van der Waals surface area contributed by atoms with Gasteiger partial charge in [0.1, 0.15) is 5.75 Å². The van der Waals surface area contributed by atoms with E-state index < -0.39 is 0 Å². The number of benzene rings is 2. The number of phenols is 1. The molecule has 39 heavy (non-hydrogen) atoms. The standard InChI is InChI=1S/C31H33N5O2S/c1-18(2)30(38)33-24-14-13-22(16-19(24)3)36-29(28(34-31(36)39)25-10-8-9-15-32-25)23-17-20(4)35(21(23)5)26-11-6-7-12-27(26)37/h6-18,28-29,37H,1-5H3,(H,33,38)(H,34,39)/t28-,29+/m0/s1. The molecule has 1 amide bonds. The van der Waals surface area contributed by atoms with Crippen LogP contribution < -0.4 is 15.5 Å². The van der Waals surface area contributed by atoms with Gasteiger partial charge in [0, 0.05) is 34.9 Å². The molecule has 0 spiro atoms. The zero-order valence-corrected chi connectivity index (χ0v) is 23.6. The molecule has 7 nitrogen and oxygen atoms in total. The average Bonchev–Trinajstić information content (AvgIpc) is 3.41. The number of thiocarbonyl (C=S) groups is 1. The van der Waals surface area contributed by atoms with Crippen LogP contribution in [0.1, 0.15) is 54.1 Å². The molecule has 2 aromatic carbocycles. The molecule has 1 aliphatic rings. The highest BCUT2D eigenvalue weighted by Crippen LogP contribution is 2.44. The Labute approximate surface area is 234 Å². The van der Waals surface area contributed by atoms with Gasteiger partial charge in [0.25, 0.3) is 0 Å². The molecule has 0 bridgehead atoms. The van der Waals surface area contributed by atoms with Gasteiger partial charge in [-0.1, -0.05) is 32.0 Å². The van der Waals surface area contributed by atoms with Gasteiger partial charge >= 0.3 is 0 Å². The average molecular weight is 540 g/mol. The van der Waals surface area contributed by atoms with E-state index >= 15 is 0 Å². The molecule has 4 aromatic rings. The third kappa shape index (κ3) is 4.88. The third-order valence-electron chi connectivity index (χ3n) is 7.28. The summed E-state index contributed by atoms with van der Waals surface area (Å²) in [4.78, 5) is 19.1. The van der Waals surface area contributed by atoms with Crippen molar-refractivity contribution >= 4 is 34.6 Å². The maximum Gasteiger partial charge on any atom is 0.226 e. The molecule has 8 heteroatoms. The monoisotopic (exact) mass is 539 g/mol. The van der Waals surface area contributed by atoms with E-state index in [-0.39, 0.29) is 29.7 Å². The minimum atomic E-state index is -0.200. The number of nitrogens with zero attached hydrogens (tertiary/aromatic N) is 3. The number of aryl methyl sites for hydroxylation is 2. The van der Waals surface area contributed by atoms with E-state index in [1.807, 2.05) is 76.2 Å². The first-order valence-corrected chi connectivity index (χ1v) is 13.5. The third-order valence-corrected chi connectivity index (χ3v) is 7.59. The van der Waals surface area contributed by atoms with Crippen molar-refractivity contribution in [2.45, 2.75) is 46.7 Å². The molecule has 1 aliphatic heterocycles. The first-order valence-electron chi connectivity index (χ1n) is 13.1. The molecular formula is C31H33N5O2S. The molecule has 0 unspecified atom stereocenters. The zero-order chi connectivity index (χ0) is 27.8. The fourth-order valence-corrected chi connectivity index (χ4v) is 5.62. The number of aromatic nitrogens is 2. The Hall–Kier alpha value is -4.17. The van der Waals surface area contributed by atoms with Crippen LogP contribution in [-0.4, -0.2) is 25.7 Å². The highest BCUT2D eigenvalue weighted by molar-refractivity contribution is 7.80. The van der Waals surface area contributed by atoms with E-state index in [9.17, 15) is 9.90 Å². The Morgan fingerprint density at radius 1 is 1.05 bits per heavy atom. The van der Waals surface area contributed by atoms with Gasteiger partial charge in [-0.05, 0) is 92.6 Å². The van der Waals surface area contributed by atoms with Gasteiger partial charge < -0.3 is 25.2 Å². The molecule has 0 radical (unpaired) electrons. The van der Waals surface area contributed by atoms with Gasteiger partial charge in [-0.25, -0.2) is 0 Å². The zero-order valence-electron chi connectivity index (χ0n) is 22.8. The van der Waals surface area contributed by atoms with Gasteiger partial charge in [-0.15, -0.1) is 0 Å². The Morgan fingerprint density at radius 3 is 2.46 bits per heavy atom. The normalized spacial score (nSPS) is 17.0. The minimum Gasteiger partial charge on any atom is -0.506 e. The highest BCUT2D eigenvalue weighted by Gasteiger charge is 2.42. The smallest absolute Gasteiger partial charge is 0.226 e. The summed E-state index contributed by atoms with van der Waals surface area (Å²) in [5.41, 5.74) is 7.36. The second-order valence-electron chi connectivity index (χ2n) is 10.3. The summed E-state index contributed by atoms with van der Waals surface area (Å²) in [6, 6.07) is 21.0. The number of phenolic OH excluding ortho intramolecular Hbond substituents is 1. The predicted molar refractivity (Wildman–Crippen MR) is 159 cm³/mol. The number of aromatic hydroxyl groups is 1. The van der Waals surface area contributed by atoms with Gasteiger partial charge in [-0.3, -0.25) is 9.78 Å². The fraction of sp³-hybridized carbons (Fsp3) is 0.258. The van der Waals surface area contributed by atoms with Gasteiger partial charge in [0.05, 0.1) is 23.5 Å². The number of anilines is 2. The lowest BCUT2D eigenvalue weighted by atomic mass is 9.96. The van der Waals surface area contributed by atoms with E-state index in [1.54, 1.807) is 12.3 Å². The summed E-state index contributed by atoms with van der Waals surface area (Å²) in [5, 5.41) is 17.8. The van der Waals surface area contributed by atoms with Crippen LogP contribution in [0.2, 0.25) is 0 Å². The van der Waals surface area contributed by atoms with Crippen LogP contribution in [0.5, 0.6) is 5.75 Å². The fourth-order valence-electron chi connectivity index (χ4n) is 5.28. The van der Waals surface area contributed by atoms with E-state index in [0.717, 1.165) is 45.3 Å². The number of para-hydroxylation sites is 2. The summed E-state index contributed by atoms with van der Waals surface area (Å²) in [7, 11) is 0. The molecule has 0 aliphatic carbocycles. The van der Waals surface area contributed by atoms with Gasteiger partial charge in [-0.2, -0.15) is 0 Å². The Morgan fingerprint density at radius 2 is 1.79 bits per heavy atom. The molecule has 3 heterocycles. The van der Waals surface area contributed by atoms with Crippen molar-refractivity contribution in [2.24, 2.45) is 5.92 Å². The number of carbonyl (C=O) groups is 1. The van der Waals surface area contributed by atoms with E-state index in [4.69, 9.17) is 12.2 Å². The van der Waals surface area contributed by atoms with E-state index in [0.29, 0.717) is 5.11 Å². The number of carbonyl (C=O) groups excluding carboxylic acids is 1. The number of rotatable bonds is 6. The van der Waals surface area contributed by atoms with Crippen LogP contribution in [0.3, 0.4) is 0 Å². The van der Waals surface area contributed by atoms with Crippen LogP contribution >= 0.6 is 12.2 Å².